The molecule has 200 valence electrons. The van der Waals surface area contributed by atoms with Crippen LogP contribution < -0.4 is 5.73 Å². The van der Waals surface area contributed by atoms with Gasteiger partial charge < -0.3 is 20.5 Å². The Morgan fingerprint density at radius 1 is 1.11 bits per heavy atom. The summed E-state index contributed by atoms with van der Waals surface area (Å²) in [6.45, 7) is 3.31. The Bertz CT molecular complexity index is 904. The van der Waals surface area contributed by atoms with Gasteiger partial charge in [0.05, 0.1) is 6.61 Å². The van der Waals surface area contributed by atoms with E-state index < -0.39 is 18.2 Å². The van der Waals surface area contributed by atoms with Gasteiger partial charge in [-0.2, -0.15) is 13.2 Å². The molecule has 0 bridgehead atoms. The number of benzene rings is 1. The SMILES string of the molecule is NCC1CCCC12CCN(C(=O)C(Cc1ccccc1)N1CCCOC1=O)CC2.O=C(O)C(F)(F)F. The van der Waals surface area contributed by atoms with E-state index in [9.17, 15) is 22.8 Å². The summed E-state index contributed by atoms with van der Waals surface area (Å²) in [6.07, 6.45) is 1.63. The molecule has 11 heteroatoms. The van der Waals surface area contributed by atoms with Gasteiger partial charge in [0.1, 0.15) is 6.04 Å². The minimum Gasteiger partial charge on any atom is -0.475 e. The number of cyclic esters (lactones) is 1. The smallest absolute Gasteiger partial charge is 0.475 e. The predicted octanol–water partition coefficient (Wildman–Crippen LogP) is 3.44. The molecule has 1 spiro atoms. The van der Waals surface area contributed by atoms with Crippen molar-refractivity contribution in [2.45, 2.75) is 57.2 Å². The Kier molecular flexibility index (Phi) is 9.21. The van der Waals surface area contributed by atoms with Crippen molar-refractivity contribution in [2.75, 3.05) is 32.8 Å². The average molecular weight is 514 g/mol. The van der Waals surface area contributed by atoms with Crippen LogP contribution in [0.5, 0.6) is 0 Å². The van der Waals surface area contributed by atoms with Crippen molar-refractivity contribution in [3.63, 3.8) is 0 Å². The topological polar surface area (TPSA) is 113 Å². The van der Waals surface area contributed by atoms with Gasteiger partial charge in [-0.3, -0.25) is 9.69 Å². The highest BCUT2D eigenvalue weighted by atomic mass is 19.4. The fraction of sp³-hybridized carbons (Fsp3) is 0.640. The maximum atomic E-state index is 13.6. The number of nitrogens with two attached hydrogens (primary N) is 1. The monoisotopic (exact) mass is 513 g/mol. The van der Waals surface area contributed by atoms with Crippen LogP contribution in [-0.2, 0) is 20.7 Å². The Morgan fingerprint density at radius 3 is 2.31 bits per heavy atom. The molecule has 1 aliphatic carbocycles. The summed E-state index contributed by atoms with van der Waals surface area (Å²) in [5.74, 6) is -2.10. The molecule has 0 radical (unpaired) electrons. The van der Waals surface area contributed by atoms with Crippen LogP contribution in [0, 0.1) is 11.3 Å². The normalized spacial score (nSPS) is 22.4. The lowest BCUT2D eigenvalue weighted by Gasteiger charge is -2.45. The molecular weight excluding hydrogens is 479 g/mol. The summed E-state index contributed by atoms with van der Waals surface area (Å²) in [7, 11) is 0. The summed E-state index contributed by atoms with van der Waals surface area (Å²) >= 11 is 0. The molecule has 2 aliphatic heterocycles. The zero-order valence-electron chi connectivity index (χ0n) is 20.2. The van der Waals surface area contributed by atoms with Gasteiger partial charge in [0.25, 0.3) is 0 Å². The first-order valence-corrected chi connectivity index (χ1v) is 12.3. The summed E-state index contributed by atoms with van der Waals surface area (Å²) in [5.41, 5.74) is 7.43. The van der Waals surface area contributed by atoms with Crippen molar-refractivity contribution in [3.05, 3.63) is 35.9 Å². The van der Waals surface area contributed by atoms with Gasteiger partial charge >= 0.3 is 18.2 Å². The number of carboxylic acids is 1. The Morgan fingerprint density at radius 2 is 1.75 bits per heavy atom. The van der Waals surface area contributed by atoms with Crippen LogP contribution in [-0.4, -0.2) is 77.9 Å². The third-order valence-electron chi connectivity index (χ3n) is 7.63. The highest BCUT2D eigenvalue weighted by molar-refractivity contribution is 5.86. The Labute approximate surface area is 208 Å². The number of nitrogens with zero attached hydrogens (tertiary/aromatic N) is 2. The molecule has 2 saturated heterocycles. The Hall–Kier alpha value is -2.82. The maximum absolute atomic E-state index is 13.6. The predicted molar refractivity (Wildman–Crippen MR) is 125 cm³/mol. The molecule has 0 aromatic heterocycles. The minimum atomic E-state index is -5.08. The average Bonchev–Trinajstić information content (AvgIpc) is 3.25. The number of halogens is 3. The third-order valence-corrected chi connectivity index (χ3v) is 7.63. The van der Waals surface area contributed by atoms with E-state index in [1.807, 2.05) is 35.2 Å². The van der Waals surface area contributed by atoms with Crippen molar-refractivity contribution in [3.8, 4) is 0 Å². The van der Waals surface area contributed by atoms with Crippen LogP contribution in [0.1, 0.15) is 44.1 Å². The number of amides is 2. The first-order chi connectivity index (χ1) is 17.1. The summed E-state index contributed by atoms with van der Waals surface area (Å²) < 4.78 is 37.0. The molecular formula is C25H34F3N3O5. The molecule has 1 aromatic rings. The number of piperidine rings is 1. The summed E-state index contributed by atoms with van der Waals surface area (Å²) in [6, 6.07) is 9.46. The van der Waals surface area contributed by atoms with Gasteiger partial charge in [0.15, 0.2) is 0 Å². The van der Waals surface area contributed by atoms with Crippen LogP contribution in [0.2, 0.25) is 0 Å². The molecule has 3 N–H and O–H groups in total. The van der Waals surface area contributed by atoms with E-state index >= 15 is 0 Å². The van der Waals surface area contributed by atoms with E-state index in [1.165, 1.54) is 19.3 Å². The molecule has 3 fully saturated rings. The van der Waals surface area contributed by atoms with Crippen LogP contribution in [0.25, 0.3) is 0 Å². The summed E-state index contributed by atoms with van der Waals surface area (Å²) in [4.78, 5) is 38.5. The van der Waals surface area contributed by atoms with E-state index in [0.29, 0.717) is 30.9 Å². The number of carbonyl (C=O) groups is 3. The number of likely N-dealkylation sites (tertiary alicyclic amines) is 1. The zero-order chi connectivity index (χ0) is 26.3. The Balaban J connectivity index is 0.000000454. The standard InChI is InChI=1S/C23H33N3O3.C2HF3O2/c24-17-19-8-4-9-23(19)10-13-25(14-11-23)21(27)20(16-18-6-2-1-3-7-18)26-12-5-15-29-22(26)28;3-2(4,5)1(6)7/h1-3,6-7,19-20H,4-5,8-17,24H2;(H,6,7). The number of aliphatic carboxylic acids is 1. The largest absolute Gasteiger partial charge is 0.490 e. The number of alkyl halides is 3. The van der Waals surface area contributed by atoms with Gasteiger partial charge in [-0.1, -0.05) is 36.8 Å². The fourth-order valence-corrected chi connectivity index (χ4v) is 5.64. The zero-order valence-corrected chi connectivity index (χ0v) is 20.2. The number of ether oxygens (including phenoxy) is 1. The van der Waals surface area contributed by atoms with E-state index in [0.717, 1.165) is 44.5 Å². The van der Waals surface area contributed by atoms with Crippen molar-refractivity contribution >= 4 is 18.0 Å². The van der Waals surface area contributed by atoms with Crippen molar-refractivity contribution < 1.29 is 37.4 Å². The molecule has 3 aliphatic rings. The first kappa shape index (κ1) is 27.8. The van der Waals surface area contributed by atoms with Gasteiger partial charge in [-0.15, -0.1) is 0 Å². The molecule has 1 saturated carbocycles. The molecule has 1 aromatic carbocycles. The van der Waals surface area contributed by atoms with Gasteiger partial charge in [-0.05, 0) is 55.5 Å². The quantitative estimate of drug-likeness (QED) is 0.624. The van der Waals surface area contributed by atoms with E-state index in [1.54, 1.807) is 4.90 Å². The second kappa shape index (κ2) is 11.9. The molecule has 8 nitrogen and oxygen atoms in total. The molecule has 36 heavy (non-hydrogen) atoms. The van der Waals surface area contributed by atoms with Crippen molar-refractivity contribution in [2.24, 2.45) is 17.1 Å². The van der Waals surface area contributed by atoms with Crippen LogP contribution in [0.3, 0.4) is 0 Å². The number of hydrogen-bond acceptors (Lipinski definition) is 5. The highest BCUT2D eigenvalue weighted by Crippen LogP contribution is 2.50. The van der Waals surface area contributed by atoms with Crippen LogP contribution in [0.4, 0.5) is 18.0 Å². The van der Waals surface area contributed by atoms with E-state index in [4.69, 9.17) is 20.4 Å². The summed E-state index contributed by atoms with van der Waals surface area (Å²) in [5, 5.41) is 7.12. The lowest BCUT2D eigenvalue weighted by molar-refractivity contribution is -0.192. The maximum Gasteiger partial charge on any atom is 0.490 e. The minimum absolute atomic E-state index is 0.0600. The lowest BCUT2D eigenvalue weighted by Crippen LogP contribution is -2.56. The highest BCUT2D eigenvalue weighted by Gasteiger charge is 2.46. The molecule has 2 amide bonds. The van der Waals surface area contributed by atoms with Crippen molar-refractivity contribution in [1.82, 2.24) is 9.80 Å². The fourth-order valence-electron chi connectivity index (χ4n) is 5.64. The second-order valence-corrected chi connectivity index (χ2v) is 9.68. The van der Waals surface area contributed by atoms with Gasteiger partial charge in [-0.25, -0.2) is 9.59 Å². The number of carboxylic acid groups (broad SMARTS) is 1. The number of carbonyl (C=O) groups excluding carboxylic acids is 2. The van der Waals surface area contributed by atoms with Gasteiger partial charge in [0.2, 0.25) is 5.91 Å². The van der Waals surface area contributed by atoms with Crippen LogP contribution >= 0.6 is 0 Å². The molecule has 4 rings (SSSR count). The van der Waals surface area contributed by atoms with Crippen molar-refractivity contribution in [1.29, 1.82) is 0 Å². The number of rotatable bonds is 5. The van der Waals surface area contributed by atoms with Gasteiger partial charge in [0, 0.05) is 26.1 Å². The van der Waals surface area contributed by atoms with Crippen LogP contribution in [0.15, 0.2) is 30.3 Å². The third kappa shape index (κ3) is 6.68. The molecule has 2 atom stereocenters. The number of hydrogen-bond donors (Lipinski definition) is 2. The molecule has 2 unspecified atom stereocenters. The molecule has 2 heterocycles. The lowest BCUT2D eigenvalue weighted by atomic mass is 9.70. The second-order valence-electron chi connectivity index (χ2n) is 9.68. The van der Waals surface area contributed by atoms with E-state index in [-0.39, 0.29) is 12.0 Å². The van der Waals surface area contributed by atoms with E-state index in [2.05, 4.69) is 0 Å². The first-order valence-electron chi connectivity index (χ1n) is 12.3.